The molecule has 0 aliphatic carbocycles. The van der Waals surface area contributed by atoms with Crippen molar-refractivity contribution in [2.45, 2.75) is 33.9 Å². The van der Waals surface area contributed by atoms with Gasteiger partial charge in [-0.1, -0.05) is 43.7 Å². The molecule has 0 saturated carbocycles. The van der Waals surface area contributed by atoms with E-state index in [0.717, 1.165) is 23.4 Å². The molecule has 0 radical (unpaired) electrons. The molecule has 0 bridgehead atoms. The average molecular weight is 397 g/mol. The van der Waals surface area contributed by atoms with Crippen LogP contribution in [-0.2, 0) is 17.9 Å². The third kappa shape index (κ3) is 5.58. The SMILES string of the molecule is C=CCN(Cc1ccc(C#N)cc1)C(=O)/C=C/c1c(C)nn(CC(C)C)c1Cl. The van der Waals surface area contributed by atoms with Gasteiger partial charge in [-0.25, -0.2) is 0 Å². The summed E-state index contributed by atoms with van der Waals surface area (Å²) in [4.78, 5) is 14.4. The molecule has 6 heteroatoms. The zero-order valence-electron chi connectivity index (χ0n) is 16.5. The number of rotatable bonds is 8. The van der Waals surface area contributed by atoms with Gasteiger partial charge in [0.25, 0.3) is 0 Å². The lowest BCUT2D eigenvalue weighted by molar-refractivity contribution is -0.126. The summed E-state index contributed by atoms with van der Waals surface area (Å²) >= 11 is 6.44. The Morgan fingerprint density at radius 3 is 2.64 bits per heavy atom. The molecule has 0 unspecified atom stereocenters. The standard InChI is InChI=1S/C22H25ClN4O/c1-5-12-26(15-19-8-6-18(13-24)7-9-19)21(28)11-10-20-17(4)25-27(22(20)23)14-16(2)3/h5-11,16H,1,12,14-15H2,2-4H3/b11-10+. The van der Waals surface area contributed by atoms with E-state index in [4.69, 9.17) is 16.9 Å². The normalized spacial score (nSPS) is 11.0. The van der Waals surface area contributed by atoms with Gasteiger partial charge in [-0.2, -0.15) is 10.4 Å². The lowest BCUT2D eigenvalue weighted by Crippen LogP contribution is -2.29. The zero-order valence-corrected chi connectivity index (χ0v) is 17.3. The van der Waals surface area contributed by atoms with E-state index >= 15 is 0 Å². The topological polar surface area (TPSA) is 61.9 Å². The Labute approximate surface area is 171 Å². The monoisotopic (exact) mass is 396 g/mol. The first-order valence-electron chi connectivity index (χ1n) is 9.15. The lowest BCUT2D eigenvalue weighted by atomic mass is 10.1. The molecule has 1 aromatic carbocycles. The number of carbonyl (C=O) groups is 1. The number of aryl methyl sites for hydroxylation is 1. The minimum atomic E-state index is -0.142. The van der Waals surface area contributed by atoms with Crippen LogP contribution in [0, 0.1) is 24.2 Å². The van der Waals surface area contributed by atoms with E-state index in [9.17, 15) is 4.79 Å². The highest BCUT2D eigenvalue weighted by atomic mass is 35.5. The van der Waals surface area contributed by atoms with E-state index in [0.29, 0.717) is 29.7 Å². The van der Waals surface area contributed by atoms with Crippen molar-refractivity contribution in [3.8, 4) is 6.07 Å². The third-order valence-corrected chi connectivity index (χ3v) is 4.56. The fraction of sp³-hybridized carbons (Fsp3) is 0.318. The van der Waals surface area contributed by atoms with Crippen LogP contribution in [0.25, 0.3) is 6.08 Å². The molecule has 0 aliphatic heterocycles. The second kappa shape index (κ2) is 9.91. The number of hydrogen-bond acceptors (Lipinski definition) is 3. The first-order chi connectivity index (χ1) is 13.3. The molecule has 5 nitrogen and oxygen atoms in total. The number of aromatic nitrogens is 2. The lowest BCUT2D eigenvalue weighted by Gasteiger charge is -2.19. The third-order valence-electron chi connectivity index (χ3n) is 4.16. The van der Waals surface area contributed by atoms with E-state index in [1.165, 1.54) is 6.08 Å². The average Bonchev–Trinajstić information content (AvgIpc) is 2.92. The maximum absolute atomic E-state index is 12.7. The van der Waals surface area contributed by atoms with E-state index < -0.39 is 0 Å². The quantitative estimate of drug-likeness (QED) is 0.483. The number of nitriles is 1. The maximum atomic E-state index is 12.7. The second-order valence-corrected chi connectivity index (χ2v) is 7.37. The molecule has 28 heavy (non-hydrogen) atoms. The summed E-state index contributed by atoms with van der Waals surface area (Å²) in [5.41, 5.74) is 3.08. The van der Waals surface area contributed by atoms with Crippen molar-refractivity contribution in [3.05, 3.63) is 70.5 Å². The molecule has 146 valence electrons. The Morgan fingerprint density at radius 1 is 1.39 bits per heavy atom. The van der Waals surface area contributed by atoms with Crippen molar-refractivity contribution in [1.82, 2.24) is 14.7 Å². The van der Waals surface area contributed by atoms with Crippen molar-refractivity contribution in [1.29, 1.82) is 5.26 Å². The number of nitrogens with zero attached hydrogens (tertiary/aromatic N) is 4. The molecular formula is C22H25ClN4O. The molecule has 0 spiro atoms. The van der Waals surface area contributed by atoms with E-state index in [2.05, 4.69) is 31.6 Å². The number of benzene rings is 1. The summed E-state index contributed by atoms with van der Waals surface area (Å²) in [6, 6.07) is 9.28. The molecule has 0 saturated heterocycles. The van der Waals surface area contributed by atoms with E-state index in [1.807, 2.05) is 19.1 Å². The van der Waals surface area contributed by atoms with Crippen LogP contribution in [0.5, 0.6) is 0 Å². The molecule has 1 amide bonds. The fourth-order valence-electron chi connectivity index (χ4n) is 2.78. The van der Waals surface area contributed by atoms with Crippen molar-refractivity contribution in [2.75, 3.05) is 6.54 Å². The largest absolute Gasteiger partial charge is 0.331 e. The first-order valence-corrected chi connectivity index (χ1v) is 9.53. The van der Waals surface area contributed by atoms with Gasteiger partial charge in [0.2, 0.25) is 5.91 Å². The summed E-state index contributed by atoms with van der Waals surface area (Å²) in [5, 5.41) is 13.9. The molecule has 0 N–H and O–H groups in total. The summed E-state index contributed by atoms with van der Waals surface area (Å²) in [5.74, 6) is 0.280. The van der Waals surface area contributed by atoms with Gasteiger partial charge in [-0.3, -0.25) is 9.48 Å². The number of halogens is 1. The van der Waals surface area contributed by atoms with Crippen LogP contribution in [0.2, 0.25) is 5.15 Å². The summed E-state index contributed by atoms with van der Waals surface area (Å²) < 4.78 is 1.77. The van der Waals surface area contributed by atoms with Crippen molar-refractivity contribution in [3.63, 3.8) is 0 Å². The Balaban J connectivity index is 2.16. The van der Waals surface area contributed by atoms with Crippen molar-refractivity contribution < 1.29 is 4.79 Å². The number of hydrogen-bond donors (Lipinski definition) is 0. The van der Waals surface area contributed by atoms with Gasteiger partial charge in [0.15, 0.2) is 0 Å². The Hall–Kier alpha value is -2.84. The Morgan fingerprint density at radius 2 is 2.07 bits per heavy atom. The Kier molecular flexibility index (Phi) is 7.60. The molecule has 1 aromatic heterocycles. The van der Waals surface area contributed by atoms with Crippen LogP contribution >= 0.6 is 11.6 Å². The van der Waals surface area contributed by atoms with Crippen LogP contribution in [-0.4, -0.2) is 27.1 Å². The van der Waals surface area contributed by atoms with Gasteiger partial charge in [0, 0.05) is 31.3 Å². The van der Waals surface area contributed by atoms with Crippen molar-refractivity contribution >= 4 is 23.6 Å². The first kappa shape index (κ1) is 21.5. The molecule has 2 rings (SSSR count). The highest BCUT2D eigenvalue weighted by Crippen LogP contribution is 2.22. The van der Waals surface area contributed by atoms with Crippen LogP contribution in [0.3, 0.4) is 0 Å². The van der Waals surface area contributed by atoms with Crippen molar-refractivity contribution in [2.24, 2.45) is 5.92 Å². The molecule has 2 aromatic rings. The van der Waals surface area contributed by atoms with Crippen LogP contribution in [0.1, 0.15) is 36.2 Å². The highest BCUT2D eigenvalue weighted by molar-refractivity contribution is 6.31. The van der Waals surface area contributed by atoms with Gasteiger partial charge < -0.3 is 4.90 Å². The zero-order chi connectivity index (χ0) is 20.7. The van der Waals surface area contributed by atoms with E-state index in [-0.39, 0.29) is 5.91 Å². The van der Waals surface area contributed by atoms with Gasteiger partial charge in [-0.05, 0) is 36.6 Å². The van der Waals surface area contributed by atoms with Crippen LogP contribution < -0.4 is 0 Å². The minimum Gasteiger partial charge on any atom is -0.331 e. The maximum Gasteiger partial charge on any atom is 0.247 e. The summed E-state index contributed by atoms with van der Waals surface area (Å²) in [7, 11) is 0. The van der Waals surface area contributed by atoms with Gasteiger partial charge in [-0.15, -0.1) is 6.58 Å². The van der Waals surface area contributed by atoms with Gasteiger partial charge >= 0.3 is 0 Å². The predicted octanol–water partition coefficient (Wildman–Crippen LogP) is 4.60. The van der Waals surface area contributed by atoms with Crippen LogP contribution in [0.4, 0.5) is 0 Å². The molecule has 1 heterocycles. The van der Waals surface area contributed by atoms with E-state index in [1.54, 1.807) is 33.9 Å². The van der Waals surface area contributed by atoms with Gasteiger partial charge in [0.05, 0.1) is 17.3 Å². The van der Waals surface area contributed by atoms with Gasteiger partial charge in [0.1, 0.15) is 5.15 Å². The minimum absolute atomic E-state index is 0.142. The Bertz CT molecular complexity index is 904. The van der Waals surface area contributed by atoms with Crippen LogP contribution in [0.15, 0.2) is 43.0 Å². The molecule has 0 aliphatic rings. The fourth-order valence-corrected chi connectivity index (χ4v) is 3.08. The molecule has 0 atom stereocenters. The smallest absolute Gasteiger partial charge is 0.247 e. The summed E-state index contributed by atoms with van der Waals surface area (Å²) in [6.07, 6.45) is 4.93. The molecule has 0 fully saturated rings. The summed E-state index contributed by atoms with van der Waals surface area (Å²) in [6.45, 7) is 11.4. The predicted molar refractivity (Wildman–Crippen MR) is 113 cm³/mol. The highest BCUT2D eigenvalue weighted by Gasteiger charge is 2.14. The number of amides is 1. The second-order valence-electron chi connectivity index (χ2n) is 7.02. The molecular weight excluding hydrogens is 372 g/mol. The number of carbonyl (C=O) groups excluding carboxylic acids is 1.